The van der Waals surface area contributed by atoms with Gasteiger partial charge < -0.3 is 9.66 Å². The van der Waals surface area contributed by atoms with E-state index in [1.807, 2.05) is 0 Å². The molecule has 0 spiro atoms. The summed E-state index contributed by atoms with van der Waals surface area (Å²) in [6, 6.07) is 0. The number of aliphatic hydroxyl groups excluding tert-OH is 1. The second-order valence-corrected chi connectivity index (χ2v) is 9.44. The van der Waals surface area contributed by atoms with E-state index in [-0.39, 0.29) is 57.5 Å². The Morgan fingerprint density at radius 1 is 0.704 bits per heavy atom. The molecule has 0 aliphatic carbocycles. The van der Waals surface area contributed by atoms with Gasteiger partial charge in [0.15, 0.2) is 0 Å². The second kappa shape index (κ2) is 20.8. The summed E-state index contributed by atoms with van der Waals surface area (Å²) in [5, 5.41) is 9.10. The molecule has 0 fully saturated rings. The van der Waals surface area contributed by atoms with Crippen molar-refractivity contribution in [2.75, 3.05) is 0 Å². The summed E-state index contributed by atoms with van der Waals surface area (Å²) in [5.74, 6) is 0. The second-order valence-electron chi connectivity index (χ2n) is 7.79. The van der Waals surface area contributed by atoms with Crippen molar-refractivity contribution in [2.45, 2.75) is 134 Å². The Bertz CT molecular complexity index is 401. The normalized spacial score (nSPS) is 13.9. The van der Waals surface area contributed by atoms with Gasteiger partial charge in [-0.2, -0.15) is 0 Å². The van der Waals surface area contributed by atoms with Gasteiger partial charge in [-0.1, -0.05) is 97.3 Å². The van der Waals surface area contributed by atoms with Crippen LogP contribution in [0.3, 0.4) is 0 Å². The molecule has 0 aliphatic rings. The average molecular weight is 431 g/mol. The van der Waals surface area contributed by atoms with Gasteiger partial charge in [0.05, 0.1) is 16.2 Å². The first kappa shape index (κ1) is 30.7. The van der Waals surface area contributed by atoms with Crippen molar-refractivity contribution in [3.8, 4) is 0 Å². The summed E-state index contributed by atoms with van der Waals surface area (Å²) in [5.41, 5.74) is 0. The monoisotopic (exact) mass is 430 g/mol. The van der Waals surface area contributed by atoms with E-state index < -0.39 is 15.4 Å². The zero-order valence-corrected chi connectivity index (χ0v) is 22.2. The zero-order valence-electron chi connectivity index (χ0n) is 18.3. The van der Waals surface area contributed by atoms with Gasteiger partial charge in [-0.05, 0) is 25.7 Å². The molecule has 4 nitrogen and oxygen atoms in total. The van der Waals surface area contributed by atoms with E-state index in [9.17, 15) is 18.1 Å². The molecule has 0 amide bonds. The zero-order chi connectivity index (χ0) is 19.7. The van der Waals surface area contributed by atoms with Crippen molar-refractivity contribution >= 4 is 10.1 Å². The number of hydrogen-bond donors (Lipinski definition) is 1. The first-order valence-corrected chi connectivity index (χ1v) is 12.5. The van der Waals surface area contributed by atoms with Crippen LogP contribution in [0.25, 0.3) is 0 Å². The maximum absolute atomic E-state index is 11.0. The SMILES string of the molecule is CCCCC(O)CCCCCCCCCCCCCC(CC)S(=O)(=O)[O-].[K+]. The maximum atomic E-state index is 11.0. The molecule has 0 saturated heterocycles. The van der Waals surface area contributed by atoms with E-state index in [4.69, 9.17) is 0 Å². The van der Waals surface area contributed by atoms with Crippen LogP contribution >= 0.6 is 0 Å². The molecular formula is C21H43KO4S. The Balaban J connectivity index is 0. The first-order valence-electron chi connectivity index (χ1n) is 11.0. The number of rotatable bonds is 19. The predicted octanol–water partition coefficient (Wildman–Crippen LogP) is 2.94. The smallest absolute Gasteiger partial charge is 0.748 e. The third-order valence-corrected chi connectivity index (χ3v) is 6.70. The Morgan fingerprint density at radius 3 is 1.44 bits per heavy atom. The molecule has 0 aromatic heterocycles. The molecule has 0 radical (unpaired) electrons. The van der Waals surface area contributed by atoms with Crippen LogP contribution in [0.1, 0.15) is 123 Å². The van der Waals surface area contributed by atoms with Gasteiger partial charge in [-0.3, -0.25) is 0 Å². The average Bonchev–Trinajstić information content (AvgIpc) is 2.59. The molecule has 2 unspecified atom stereocenters. The fourth-order valence-corrected chi connectivity index (χ4v) is 4.34. The Labute approximate surface area is 211 Å². The van der Waals surface area contributed by atoms with Crippen molar-refractivity contribution in [1.82, 2.24) is 0 Å². The van der Waals surface area contributed by atoms with E-state index in [1.165, 1.54) is 51.4 Å². The summed E-state index contributed by atoms with van der Waals surface area (Å²) in [4.78, 5) is 0. The minimum absolute atomic E-state index is 0. The van der Waals surface area contributed by atoms with Gasteiger partial charge in [0.1, 0.15) is 0 Å². The van der Waals surface area contributed by atoms with E-state index in [1.54, 1.807) is 6.92 Å². The molecule has 27 heavy (non-hydrogen) atoms. The maximum Gasteiger partial charge on any atom is 1.00 e. The van der Waals surface area contributed by atoms with Gasteiger partial charge in [-0.15, -0.1) is 0 Å². The van der Waals surface area contributed by atoms with Crippen molar-refractivity contribution in [1.29, 1.82) is 0 Å². The van der Waals surface area contributed by atoms with Crippen molar-refractivity contribution in [3.63, 3.8) is 0 Å². The van der Waals surface area contributed by atoms with Crippen LogP contribution in [0.15, 0.2) is 0 Å². The summed E-state index contributed by atoms with van der Waals surface area (Å²) in [7, 11) is -4.10. The molecule has 0 aliphatic heterocycles. The number of hydrogen-bond acceptors (Lipinski definition) is 4. The molecule has 0 aromatic rings. The topological polar surface area (TPSA) is 77.4 Å². The Hall–Kier alpha value is 1.51. The van der Waals surface area contributed by atoms with Gasteiger partial charge >= 0.3 is 51.4 Å². The summed E-state index contributed by atoms with van der Waals surface area (Å²) < 4.78 is 33.0. The van der Waals surface area contributed by atoms with Crippen molar-refractivity contribution in [3.05, 3.63) is 0 Å². The fourth-order valence-electron chi connectivity index (χ4n) is 3.48. The third-order valence-electron chi connectivity index (χ3n) is 5.32. The fraction of sp³-hybridized carbons (Fsp3) is 1.00. The van der Waals surface area contributed by atoms with Crippen molar-refractivity contribution < 1.29 is 69.5 Å². The molecule has 0 aromatic carbocycles. The molecule has 0 rings (SSSR count). The Kier molecular flexibility index (Phi) is 23.6. The number of unbranched alkanes of at least 4 members (excludes halogenated alkanes) is 11. The Morgan fingerprint density at radius 2 is 1.07 bits per heavy atom. The molecule has 2 atom stereocenters. The van der Waals surface area contributed by atoms with E-state index in [0.717, 1.165) is 44.9 Å². The van der Waals surface area contributed by atoms with Crippen LogP contribution < -0.4 is 51.4 Å². The van der Waals surface area contributed by atoms with E-state index in [2.05, 4.69) is 6.92 Å². The predicted molar refractivity (Wildman–Crippen MR) is 109 cm³/mol. The first-order chi connectivity index (χ1) is 12.4. The van der Waals surface area contributed by atoms with E-state index >= 15 is 0 Å². The number of aliphatic hydroxyl groups is 1. The van der Waals surface area contributed by atoms with Crippen LogP contribution in [-0.2, 0) is 10.1 Å². The summed E-state index contributed by atoms with van der Waals surface area (Å²) in [6.45, 7) is 3.94. The van der Waals surface area contributed by atoms with Crippen LogP contribution in [0, 0.1) is 0 Å². The van der Waals surface area contributed by atoms with Crippen LogP contribution in [0.4, 0.5) is 0 Å². The minimum atomic E-state index is -4.10. The summed E-state index contributed by atoms with van der Waals surface area (Å²) in [6.07, 6.45) is 18.1. The molecule has 6 heteroatoms. The molecule has 0 saturated carbocycles. The van der Waals surface area contributed by atoms with Gasteiger partial charge in [-0.25, -0.2) is 8.42 Å². The molecule has 0 heterocycles. The molecule has 1 N–H and O–H groups in total. The van der Waals surface area contributed by atoms with Gasteiger partial charge in [0.2, 0.25) is 0 Å². The third kappa shape index (κ3) is 20.6. The quantitative estimate of drug-likeness (QED) is 0.194. The largest absolute Gasteiger partial charge is 1.00 e. The van der Waals surface area contributed by atoms with Gasteiger partial charge in [0.25, 0.3) is 0 Å². The summed E-state index contributed by atoms with van der Waals surface area (Å²) >= 11 is 0. The molecule has 0 bridgehead atoms. The molecule has 158 valence electrons. The van der Waals surface area contributed by atoms with Crippen LogP contribution in [0.5, 0.6) is 0 Å². The van der Waals surface area contributed by atoms with Crippen LogP contribution in [-0.4, -0.2) is 29.4 Å². The van der Waals surface area contributed by atoms with Gasteiger partial charge in [0, 0.05) is 5.25 Å². The van der Waals surface area contributed by atoms with Crippen LogP contribution in [0.2, 0.25) is 0 Å². The van der Waals surface area contributed by atoms with Crippen molar-refractivity contribution in [2.24, 2.45) is 0 Å². The minimum Gasteiger partial charge on any atom is -0.748 e. The standard InChI is InChI=1S/C21H44O4S.K/c1-3-5-17-20(22)18-15-13-11-9-7-6-8-10-12-14-16-19-21(4-2)26(23,24)25;/h20-22H,3-19H2,1-2H3,(H,23,24,25);/q;+1/p-1. The molecular weight excluding hydrogens is 387 g/mol. The van der Waals surface area contributed by atoms with E-state index in [0.29, 0.717) is 12.8 Å².